The molecular formula is C9H8ClN3. The molecule has 2 aromatic rings. The summed E-state index contributed by atoms with van der Waals surface area (Å²) >= 11 is 5.37. The van der Waals surface area contributed by atoms with Crippen LogP contribution in [0.25, 0.3) is 0 Å². The van der Waals surface area contributed by atoms with Crippen LogP contribution < -0.4 is 0 Å². The summed E-state index contributed by atoms with van der Waals surface area (Å²) in [5.74, 6) is 0. The Morgan fingerprint density at radius 3 is 1.92 bits per heavy atom. The summed E-state index contributed by atoms with van der Waals surface area (Å²) in [6.45, 7) is 0. The number of hydrogen-bond acceptors (Lipinski definition) is 3. The lowest BCUT2D eigenvalue weighted by Gasteiger charge is -1.78. The average Bonchev–Trinajstić information content (AvgIpc) is 2.22. The lowest BCUT2D eigenvalue weighted by molar-refractivity contribution is 1.03. The van der Waals surface area contributed by atoms with E-state index in [1.807, 2.05) is 18.2 Å². The van der Waals surface area contributed by atoms with E-state index >= 15 is 0 Å². The first-order chi connectivity index (χ1) is 6.39. The molecular weight excluding hydrogens is 186 g/mol. The fraction of sp³-hybridized carbons (Fsp3) is 0. The van der Waals surface area contributed by atoms with Gasteiger partial charge in [0.25, 0.3) is 0 Å². The number of nitrogens with zero attached hydrogens (tertiary/aromatic N) is 3. The molecule has 0 fully saturated rings. The van der Waals surface area contributed by atoms with Crippen LogP contribution >= 0.6 is 11.6 Å². The van der Waals surface area contributed by atoms with Gasteiger partial charge in [-0.3, -0.25) is 4.98 Å². The van der Waals surface area contributed by atoms with Gasteiger partial charge in [0.2, 0.25) is 0 Å². The number of aromatic nitrogens is 3. The summed E-state index contributed by atoms with van der Waals surface area (Å²) in [5.41, 5.74) is 0. The molecule has 66 valence electrons. The molecule has 2 heterocycles. The highest BCUT2D eigenvalue weighted by atomic mass is 35.5. The average molecular weight is 194 g/mol. The summed E-state index contributed by atoms with van der Waals surface area (Å²) in [7, 11) is 0. The Morgan fingerprint density at radius 1 is 0.923 bits per heavy atom. The van der Waals surface area contributed by atoms with Crippen molar-refractivity contribution in [3.05, 3.63) is 54.1 Å². The van der Waals surface area contributed by atoms with Crippen LogP contribution in [0.4, 0.5) is 0 Å². The Balaban J connectivity index is 0.000000132. The fourth-order valence-corrected chi connectivity index (χ4v) is 0.712. The van der Waals surface area contributed by atoms with Crippen LogP contribution in [-0.4, -0.2) is 15.2 Å². The third-order valence-electron chi connectivity index (χ3n) is 1.11. The first kappa shape index (κ1) is 9.61. The third kappa shape index (κ3) is 4.87. The Morgan fingerprint density at radius 2 is 1.69 bits per heavy atom. The van der Waals surface area contributed by atoms with E-state index in [1.54, 1.807) is 30.7 Å². The molecule has 0 bridgehead atoms. The predicted molar refractivity (Wildman–Crippen MR) is 51.3 cm³/mol. The van der Waals surface area contributed by atoms with Gasteiger partial charge < -0.3 is 0 Å². The molecule has 0 amide bonds. The van der Waals surface area contributed by atoms with Gasteiger partial charge >= 0.3 is 0 Å². The fourth-order valence-electron chi connectivity index (χ4n) is 0.595. The van der Waals surface area contributed by atoms with Crippen LogP contribution in [0.5, 0.6) is 0 Å². The molecule has 13 heavy (non-hydrogen) atoms. The lowest BCUT2D eigenvalue weighted by Crippen LogP contribution is -1.74. The van der Waals surface area contributed by atoms with Crippen molar-refractivity contribution in [1.29, 1.82) is 0 Å². The van der Waals surface area contributed by atoms with Gasteiger partial charge in [-0.1, -0.05) is 17.7 Å². The van der Waals surface area contributed by atoms with Crippen LogP contribution in [0.3, 0.4) is 0 Å². The summed E-state index contributed by atoms with van der Waals surface area (Å²) in [6, 6.07) is 9.12. The largest absolute Gasteiger partial charge is 0.265 e. The molecule has 0 unspecified atom stereocenters. The second-order valence-corrected chi connectivity index (χ2v) is 2.46. The first-order valence-electron chi connectivity index (χ1n) is 3.68. The maximum Gasteiger partial charge on any atom is 0.151 e. The van der Waals surface area contributed by atoms with Gasteiger partial charge in [-0.15, -0.1) is 5.10 Å². The highest BCUT2D eigenvalue weighted by Gasteiger charge is 1.78. The summed E-state index contributed by atoms with van der Waals surface area (Å²) in [5, 5.41) is 7.43. The smallest absolute Gasteiger partial charge is 0.151 e. The molecule has 0 aromatic carbocycles. The molecule has 3 nitrogen and oxygen atoms in total. The zero-order valence-electron chi connectivity index (χ0n) is 6.84. The Kier molecular flexibility index (Phi) is 4.49. The molecule has 0 radical (unpaired) electrons. The zero-order chi connectivity index (χ0) is 9.36. The van der Waals surface area contributed by atoms with E-state index in [2.05, 4.69) is 15.2 Å². The number of pyridine rings is 1. The molecule has 0 atom stereocenters. The highest BCUT2D eigenvalue weighted by Crippen LogP contribution is 1.96. The van der Waals surface area contributed by atoms with Crippen molar-refractivity contribution < 1.29 is 0 Å². The van der Waals surface area contributed by atoms with Gasteiger partial charge in [0.15, 0.2) is 5.15 Å². The minimum absolute atomic E-state index is 0.433. The number of rotatable bonds is 0. The van der Waals surface area contributed by atoms with E-state index in [4.69, 9.17) is 11.6 Å². The Bertz CT molecular complexity index is 285. The monoisotopic (exact) mass is 193 g/mol. The van der Waals surface area contributed by atoms with Crippen LogP contribution in [0, 0.1) is 0 Å². The Hall–Kier alpha value is -1.48. The van der Waals surface area contributed by atoms with Crippen LogP contribution in [-0.2, 0) is 0 Å². The third-order valence-corrected chi connectivity index (χ3v) is 1.31. The van der Waals surface area contributed by atoms with Crippen molar-refractivity contribution in [2.45, 2.75) is 0 Å². The zero-order valence-corrected chi connectivity index (χ0v) is 7.59. The molecule has 0 saturated carbocycles. The molecule has 2 rings (SSSR count). The van der Waals surface area contributed by atoms with E-state index in [-0.39, 0.29) is 0 Å². The quantitative estimate of drug-likeness (QED) is 0.644. The molecule has 0 saturated heterocycles. The molecule has 0 aliphatic carbocycles. The SMILES string of the molecule is Clc1cccnn1.c1ccncc1. The molecule has 0 spiro atoms. The summed E-state index contributed by atoms with van der Waals surface area (Å²) in [4.78, 5) is 3.78. The van der Waals surface area contributed by atoms with Crippen molar-refractivity contribution in [3.63, 3.8) is 0 Å². The topological polar surface area (TPSA) is 38.7 Å². The van der Waals surface area contributed by atoms with E-state index in [0.29, 0.717) is 5.15 Å². The normalized spacial score (nSPS) is 8.38. The summed E-state index contributed by atoms with van der Waals surface area (Å²) < 4.78 is 0. The minimum Gasteiger partial charge on any atom is -0.265 e. The van der Waals surface area contributed by atoms with Gasteiger partial charge in [0.05, 0.1) is 0 Å². The number of hydrogen-bond donors (Lipinski definition) is 0. The van der Waals surface area contributed by atoms with E-state index in [9.17, 15) is 0 Å². The highest BCUT2D eigenvalue weighted by molar-refractivity contribution is 6.29. The standard InChI is InChI=1S/C5H5N.C4H3ClN2/c1-2-4-6-5-3-1;5-4-2-1-3-6-7-4/h1-5H;1-3H. The predicted octanol–water partition coefficient (Wildman–Crippen LogP) is 2.21. The van der Waals surface area contributed by atoms with Crippen molar-refractivity contribution >= 4 is 11.6 Å². The van der Waals surface area contributed by atoms with Gasteiger partial charge in [0.1, 0.15) is 0 Å². The maximum atomic E-state index is 5.37. The summed E-state index contributed by atoms with van der Waals surface area (Å²) in [6.07, 6.45) is 5.08. The molecule has 0 aliphatic rings. The molecule has 4 heteroatoms. The first-order valence-corrected chi connectivity index (χ1v) is 4.05. The van der Waals surface area contributed by atoms with Crippen molar-refractivity contribution in [2.24, 2.45) is 0 Å². The van der Waals surface area contributed by atoms with Gasteiger partial charge in [-0.25, -0.2) is 0 Å². The lowest BCUT2D eigenvalue weighted by atomic mass is 10.5. The second-order valence-electron chi connectivity index (χ2n) is 2.07. The van der Waals surface area contributed by atoms with Crippen LogP contribution in [0.15, 0.2) is 48.9 Å². The van der Waals surface area contributed by atoms with E-state index in [0.717, 1.165) is 0 Å². The minimum atomic E-state index is 0.433. The Labute approximate surface area is 81.4 Å². The van der Waals surface area contributed by atoms with Crippen LogP contribution in [0.2, 0.25) is 5.15 Å². The van der Waals surface area contributed by atoms with Crippen LogP contribution in [0.1, 0.15) is 0 Å². The van der Waals surface area contributed by atoms with Crippen molar-refractivity contribution in [1.82, 2.24) is 15.2 Å². The van der Waals surface area contributed by atoms with Gasteiger partial charge in [0, 0.05) is 18.6 Å². The van der Waals surface area contributed by atoms with E-state index in [1.165, 1.54) is 0 Å². The second kappa shape index (κ2) is 6.08. The number of halogens is 1. The molecule has 0 N–H and O–H groups in total. The van der Waals surface area contributed by atoms with Crippen molar-refractivity contribution in [2.75, 3.05) is 0 Å². The maximum absolute atomic E-state index is 5.37. The molecule has 0 aliphatic heterocycles. The van der Waals surface area contributed by atoms with Crippen molar-refractivity contribution in [3.8, 4) is 0 Å². The van der Waals surface area contributed by atoms with Gasteiger partial charge in [-0.2, -0.15) is 5.10 Å². The van der Waals surface area contributed by atoms with E-state index < -0.39 is 0 Å². The van der Waals surface area contributed by atoms with Gasteiger partial charge in [-0.05, 0) is 24.3 Å². The molecule has 2 aromatic heterocycles.